The van der Waals surface area contributed by atoms with Crippen molar-refractivity contribution < 1.29 is 4.79 Å². The first kappa shape index (κ1) is 16.6. The van der Waals surface area contributed by atoms with Crippen LogP contribution in [0.5, 0.6) is 0 Å². The van der Waals surface area contributed by atoms with Gasteiger partial charge in [0.25, 0.3) is 5.91 Å². The maximum Gasteiger partial charge on any atom is 0.251 e. The molecule has 26 heavy (non-hydrogen) atoms. The van der Waals surface area contributed by atoms with Gasteiger partial charge in [-0.25, -0.2) is 0 Å². The summed E-state index contributed by atoms with van der Waals surface area (Å²) in [5.41, 5.74) is 4.28. The monoisotopic (exact) mass is 345 g/mol. The molecule has 0 saturated heterocycles. The molecule has 0 aliphatic rings. The second-order valence-electron chi connectivity index (χ2n) is 7.07. The van der Waals surface area contributed by atoms with Crippen LogP contribution in [-0.2, 0) is 7.05 Å². The molecule has 1 amide bonds. The molecule has 4 nitrogen and oxygen atoms in total. The Morgan fingerprint density at radius 1 is 1.19 bits per heavy atom. The Morgan fingerprint density at radius 3 is 2.77 bits per heavy atom. The molecule has 1 atom stereocenters. The van der Waals surface area contributed by atoms with Crippen LogP contribution in [0.15, 0.2) is 42.7 Å². The van der Waals surface area contributed by atoms with Crippen LogP contribution in [0.25, 0.3) is 32.6 Å². The summed E-state index contributed by atoms with van der Waals surface area (Å²) >= 11 is 0. The number of pyridine rings is 1. The van der Waals surface area contributed by atoms with Gasteiger partial charge in [0.2, 0.25) is 0 Å². The molecule has 2 aromatic heterocycles. The molecule has 0 aliphatic carbocycles. The molecule has 4 heteroatoms. The van der Waals surface area contributed by atoms with Crippen molar-refractivity contribution in [3.63, 3.8) is 0 Å². The molecule has 0 saturated carbocycles. The number of carbonyl (C=O) groups excluding carboxylic acids is 1. The fourth-order valence-electron chi connectivity index (χ4n) is 3.77. The summed E-state index contributed by atoms with van der Waals surface area (Å²) < 4.78 is 2.22. The molecule has 0 fully saturated rings. The van der Waals surface area contributed by atoms with Crippen LogP contribution >= 0.6 is 0 Å². The zero-order chi connectivity index (χ0) is 18.4. The van der Waals surface area contributed by atoms with E-state index in [1.54, 1.807) is 0 Å². The summed E-state index contributed by atoms with van der Waals surface area (Å²) in [7, 11) is 2.09. The van der Waals surface area contributed by atoms with Gasteiger partial charge in [-0.3, -0.25) is 9.78 Å². The molecular formula is C22H23N3O. The summed E-state index contributed by atoms with van der Waals surface area (Å²) in [6.45, 7) is 6.25. The smallest absolute Gasteiger partial charge is 0.251 e. The highest BCUT2D eigenvalue weighted by Crippen LogP contribution is 2.35. The van der Waals surface area contributed by atoms with Gasteiger partial charge in [-0.1, -0.05) is 6.92 Å². The Kier molecular flexibility index (Phi) is 3.91. The lowest BCUT2D eigenvalue weighted by Gasteiger charge is -2.11. The van der Waals surface area contributed by atoms with Crippen LogP contribution in [0.3, 0.4) is 0 Å². The average molecular weight is 345 g/mol. The Morgan fingerprint density at radius 2 is 2.00 bits per heavy atom. The Labute approximate surface area is 152 Å². The number of hydrogen-bond donors (Lipinski definition) is 1. The average Bonchev–Trinajstić information content (AvgIpc) is 2.94. The van der Waals surface area contributed by atoms with E-state index in [4.69, 9.17) is 0 Å². The van der Waals surface area contributed by atoms with Gasteiger partial charge in [0.1, 0.15) is 0 Å². The second-order valence-corrected chi connectivity index (χ2v) is 7.07. The lowest BCUT2D eigenvalue weighted by atomic mass is 10.0. The molecule has 4 aromatic rings. The third-order valence-corrected chi connectivity index (χ3v) is 5.40. The minimum atomic E-state index is -0.0163. The maximum atomic E-state index is 12.6. The first-order valence-corrected chi connectivity index (χ1v) is 9.07. The number of carbonyl (C=O) groups is 1. The van der Waals surface area contributed by atoms with Gasteiger partial charge in [0, 0.05) is 52.7 Å². The van der Waals surface area contributed by atoms with Crippen molar-refractivity contribution in [3.05, 3.63) is 53.9 Å². The molecule has 0 spiro atoms. The van der Waals surface area contributed by atoms with Gasteiger partial charge >= 0.3 is 0 Å². The number of nitrogens with zero attached hydrogens (tertiary/aromatic N) is 2. The van der Waals surface area contributed by atoms with Gasteiger partial charge in [0.05, 0.1) is 5.52 Å². The number of nitrogens with one attached hydrogen (secondary N) is 1. The summed E-state index contributed by atoms with van der Waals surface area (Å²) in [6, 6.07) is 10.4. The molecule has 132 valence electrons. The molecular weight excluding hydrogens is 322 g/mol. The largest absolute Gasteiger partial charge is 0.350 e. The van der Waals surface area contributed by atoms with E-state index in [-0.39, 0.29) is 11.9 Å². The number of benzene rings is 2. The number of rotatable bonds is 3. The van der Waals surface area contributed by atoms with Crippen molar-refractivity contribution in [1.29, 1.82) is 0 Å². The fraction of sp³-hybridized carbons (Fsp3) is 0.273. The number of amides is 1. The molecule has 4 rings (SSSR count). The van der Waals surface area contributed by atoms with E-state index in [1.165, 1.54) is 21.9 Å². The first-order chi connectivity index (χ1) is 12.5. The summed E-state index contributed by atoms with van der Waals surface area (Å²) in [4.78, 5) is 16.8. The highest BCUT2D eigenvalue weighted by molar-refractivity contribution is 6.15. The van der Waals surface area contributed by atoms with Crippen molar-refractivity contribution in [2.75, 3.05) is 0 Å². The van der Waals surface area contributed by atoms with Crippen molar-refractivity contribution in [2.45, 2.75) is 33.2 Å². The molecule has 0 aliphatic heterocycles. The van der Waals surface area contributed by atoms with Crippen LogP contribution in [0.4, 0.5) is 0 Å². The lowest BCUT2D eigenvalue weighted by molar-refractivity contribution is 0.0939. The van der Waals surface area contributed by atoms with Gasteiger partial charge in [0.15, 0.2) is 0 Å². The van der Waals surface area contributed by atoms with Crippen molar-refractivity contribution in [3.8, 4) is 0 Å². The van der Waals surface area contributed by atoms with E-state index in [9.17, 15) is 4.79 Å². The Balaban J connectivity index is 1.98. The van der Waals surface area contributed by atoms with E-state index in [2.05, 4.69) is 47.9 Å². The van der Waals surface area contributed by atoms with Crippen LogP contribution < -0.4 is 5.32 Å². The van der Waals surface area contributed by atoms with Crippen LogP contribution in [0.2, 0.25) is 0 Å². The molecule has 2 heterocycles. The van der Waals surface area contributed by atoms with Crippen molar-refractivity contribution in [2.24, 2.45) is 7.05 Å². The first-order valence-electron chi connectivity index (χ1n) is 9.07. The summed E-state index contributed by atoms with van der Waals surface area (Å²) in [6.07, 6.45) is 4.65. The minimum Gasteiger partial charge on any atom is -0.350 e. The zero-order valence-corrected chi connectivity index (χ0v) is 15.6. The number of aromatic nitrogens is 2. The van der Waals surface area contributed by atoms with Gasteiger partial charge in [-0.2, -0.15) is 0 Å². The van der Waals surface area contributed by atoms with Crippen LogP contribution in [0.1, 0.15) is 36.2 Å². The Hall–Kier alpha value is -2.88. The highest BCUT2D eigenvalue weighted by atomic mass is 16.1. The van der Waals surface area contributed by atoms with Crippen molar-refractivity contribution in [1.82, 2.24) is 14.9 Å². The molecule has 0 unspecified atom stereocenters. The molecule has 0 radical (unpaired) electrons. The van der Waals surface area contributed by atoms with Gasteiger partial charge in [-0.15, -0.1) is 0 Å². The van der Waals surface area contributed by atoms with E-state index in [1.807, 2.05) is 37.5 Å². The predicted octanol–water partition coefficient (Wildman–Crippen LogP) is 4.72. The molecule has 0 bridgehead atoms. The van der Waals surface area contributed by atoms with Gasteiger partial charge in [-0.05, 0) is 61.5 Å². The third-order valence-electron chi connectivity index (χ3n) is 5.40. The second kappa shape index (κ2) is 6.13. The SMILES string of the molecule is CC[C@H](C)NC(=O)c1ccc2c(c1)c1cc3cnccc3c(C)c1n2C. The van der Waals surface area contributed by atoms with E-state index in [0.717, 1.165) is 22.7 Å². The van der Waals surface area contributed by atoms with Crippen LogP contribution in [0, 0.1) is 6.92 Å². The number of hydrogen-bond acceptors (Lipinski definition) is 2. The predicted molar refractivity (Wildman–Crippen MR) is 108 cm³/mol. The highest BCUT2D eigenvalue weighted by Gasteiger charge is 2.16. The summed E-state index contributed by atoms with van der Waals surface area (Å²) in [5.74, 6) is -0.0163. The number of fused-ring (bicyclic) bond motifs is 4. The van der Waals surface area contributed by atoms with E-state index in [0.29, 0.717) is 5.56 Å². The molecule has 1 N–H and O–H groups in total. The Bertz CT molecular complexity index is 1160. The topological polar surface area (TPSA) is 46.9 Å². The standard InChI is InChI=1S/C22H23N3O/c1-5-13(2)24-22(26)15-6-7-20-18(10-15)19-11-16-12-23-9-8-17(16)14(3)21(19)25(20)4/h6-13H,5H2,1-4H3,(H,24,26)/t13-/m0/s1. The zero-order valence-electron chi connectivity index (χ0n) is 15.6. The van der Waals surface area contributed by atoms with Gasteiger partial charge < -0.3 is 9.88 Å². The molecule has 2 aromatic carbocycles. The van der Waals surface area contributed by atoms with Crippen LogP contribution in [-0.4, -0.2) is 21.5 Å². The third kappa shape index (κ3) is 2.45. The normalized spacial score (nSPS) is 12.8. The minimum absolute atomic E-state index is 0.0163. The fourth-order valence-corrected chi connectivity index (χ4v) is 3.77. The van der Waals surface area contributed by atoms with E-state index >= 15 is 0 Å². The van der Waals surface area contributed by atoms with E-state index < -0.39 is 0 Å². The maximum absolute atomic E-state index is 12.6. The lowest BCUT2D eigenvalue weighted by Crippen LogP contribution is -2.31. The van der Waals surface area contributed by atoms with Crippen molar-refractivity contribution >= 4 is 38.5 Å². The number of aryl methyl sites for hydroxylation is 2. The summed E-state index contributed by atoms with van der Waals surface area (Å²) in [5, 5.41) is 7.66. The quantitative estimate of drug-likeness (QED) is 0.584.